The van der Waals surface area contributed by atoms with Crippen molar-refractivity contribution < 1.29 is 0 Å². The summed E-state index contributed by atoms with van der Waals surface area (Å²) in [7, 11) is 0. The van der Waals surface area contributed by atoms with Crippen molar-refractivity contribution in [3.63, 3.8) is 0 Å². The molecule has 0 aliphatic carbocycles. The summed E-state index contributed by atoms with van der Waals surface area (Å²) in [5.41, 5.74) is 0. The lowest BCUT2D eigenvalue weighted by atomic mass is 10.1. The van der Waals surface area contributed by atoms with Crippen molar-refractivity contribution in [3.8, 4) is 0 Å². The Morgan fingerprint density at radius 1 is 0.593 bits per heavy atom. The summed E-state index contributed by atoms with van der Waals surface area (Å²) in [6.45, 7) is 4.58. The Morgan fingerprint density at radius 3 is 1.52 bits per heavy atom. The Bertz CT molecular complexity index is 934. The predicted octanol–water partition coefficient (Wildman–Crippen LogP) is 9.58. The van der Waals surface area contributed by atoms with Gasteiger partial charge in [-0.1, -0.05) is 52.4 Å². The van der Waals surface area contributed by atoms with Gasteiger partial charge in [-0.25, -0.2) is 0 Å². The second-order valence-corrected chi connectivity index (χ2v) is 10.7. The highest BCUT2D eigenvalue weighted by molar-refractivity contribution is 7.27. The van der Waals surface area contributed by atoms with Gasteiger partial charge in [0.1, 0.15) is 0 Å². The summed E-state index contributed by atoms with van der Waals surface area (Å²) in [4.78, 5) is 3.16. The highest BCUT2D eigenvalue weighted by Gasteiger charge is 2.15. The second-order valence-electron chi connectivity index (χ2n) is 7.73. The lowest BCUT2D eigenvalue weighted by molar-refractivity contribution is 0.670. The standard InChI is InChI=1S/C24H30S3/c1-3-5-7-9-11-17-13-19-21-15-25-16-22(21)20-14-18(12-10-8-6-4-2)27-24(20)23(19)26-17/h13-16H,3-12H2,1-2H3. The maximum absolute atomic E-state index is 2.50. The number of fused-ring (bicyclic) bond motifs is 6. The summed E-state index contributed by atoms with van der Waals surface area (Å²) >= 11 is 5.99. The number of hydrogen-bond donors (Lipinski definition) is 0. The van der Waals surface area contributed by atoms with E-state index in [-0.39, 0.29) is 0 Å². The normalized spacial score (nSPS) is 12.1. The second kappa shape index (κ2) is 9.07. The Morgan fingerprint density at radius 2 is 1.07 bits per heavy atom. The van der Waals surface area contributed by atoms with Crippen LogP contribution in [0.5, 0.6) is 0 Å². The average Bonchev–Trinajstić information content (AvgIpc) is 3.39. The van der Waals surface area contributed by atoms with Crippen LogP contribution >= 0.6 is 34.0 Å². The molecule has 0 amide bonds. The van der Waals surface area contributed by atoms with Crippen molar-refractivity contribution in [1.82, 2.24) is 0 Å². The van der Waals surface area contributed by atoms with Crippen molar-refractivity contribution in [1.29, 1.82) is 0 Å². The quantitative estimate of drug-likeness (QED) is 0.227. The van der Waals surface area contributed by atoms with Gasteiger partial charge < -0.3 is 0 Å². The minimum Gasteiger partial charge on any atom is -0.151 e. The zero-order valence-corrected chi connectivity index (χ0v) is 19.1. The molecule has 3 heteroatoms. The van der Waals surface area contributed by atoms with Crippen molar-refractivity contribution in [3.05, 3.63) is 32.6 Å². The molecule has 0 N–H and O–H groups in total. The Balaban J connectivity index is 1.68. The van der Waals surface area contributed by atoms with Crippen LogP contribution in [0.3, 0.4) is 0 Å². The van der Waals surface area contributed by atoms with Gasteiger partial charge in [0.15, 0.2) is 0 Å². The van der Waals surface area contributed by atoms with Crippen LogP contribution in [0.4, 0.5) is 0 Å². The van der Waals surface area contributed by atoms with E-state index in [2.05, 4.69) is 59.4 Å². The Kier molecular flexibility index (Phi) is 6.52. The smallest absolute Gasteiger partial charge is 0.0530 e. The highest BCUT2D eigenvalue weighted by Crippen LogP contribution is 2.44. The molecule has 27 heavy (non-hydrogen) atoms. The van der Waals surface area contributed by atoms with E-state index in [9.17, 15) is 0 Å². The fraction of sp³-hybridized carbons (Fsp3) is 0.500. The molecule has 4 aromatic rings. The molecule has 4 rings (SSSR count). The molecule has 0 radical (unpaired) electrons. The van der Waals surface area contributed by atoms with Crippen LogP contribution in [0.15, 0.2) is 22.9 Å². The maximum Gasteiger partial charge on any atom is 0.0530 e. The molecule has 0 saturated heterocycles. The molecular weight excluding hydrogens is 384 g/mol. The summed E-state index contributed by atoms with van der Waals surface area (Å²) in [6.07, 6.45) is 13.3. The summed E-state index contributed by atoms with van der Waals surface area (Å²) in [6, 6.07) is 5.00. The van der Waals surface area contributed by atoms with Crippen LogP contribution in [-0.4, -0.2) is 0 Å². The molecule has 0 aliphatic rings. The van der Waals surface area contributed by atoms with E-state index in [1.54, 1.807) is 19.2 Å². The largest absolute Gasteiger partial charge is 0.151 e. The first kappa shape index (κ1) is 19.4. The summed E-state index contributed by atoms with van der Waals surface area (Å²) < 4.78 is 3.09. The molecule has 0 unspecified atom stereocenters. The first-order chi connectivity index (χ1) is 13.3. The Hall–Kier alpha value is -0.900. The minimum absolute atomic E-state index is 1.25. The molecule has 0 saturated carbocycles. The van der Waals surface area contributed by atoms with Crippen molar-refractivity contribution in [2.24, 2.45) is 0 Å². The molecule has 0 nitrogen and oxygen atoms in total. The van der Waals surface area contributed by atoms with Gasteiger partial charge in [0, 0.05) is 31.3 Å². The zero-order valence-electron chi connectivity index (χ0n) is 16.6. The number of rotatable bonds is 10. The molecule has 0 aliphatic heterocycles. The van der Waals surface area contributed by atoms with Gasteiger partial charge in [-0.3, -0.25) is 0 Å². The van der Waals surface area contributed by atoms with Gasteiger partial charge in [-0.05, 0) is 48.6 Å². The Labute approximate surface area is 175 Å². The number of thiophene rings is 3. The van der Waals surface area contributed by atoms with E-state index in [0.717, 1.165) is 0 Å². The van der Waals surface area contributed by atoms with E-state index in [0.29, 0.717) is 0 Å². The van der Waals surface area contributed by atoms with Crippen LogP contribution in [-0.2, 0) is 12.8 Å². The van der Waals surface area contributed by atoms with Gasteiger partial charge in [-0.15, -0.1) is 22.7 Å². The lowest BCUT2D eigenvalue weighted by Gasteiger charge is -1.96. The molecule has 3 heterocycles. The van der Waals surface area contributed by atoms with Crippen LogP contribution in [0.2, 0.25) is 0 Å². The first-order valence-electron chi connectivity index (χ1n) is 10.6. The van der Waals surface area contributed by atoms with Gasteiger partial charge in [-0.2, -0.15) is 11.3 Å². The van der Waals surface area contributed by atoms with E-state index in [4.69, 9.17) is 0 Å². The molecular formula is C24H30S3. The predicted molar refractivity (Wildman–Crippen MR) is 128 cm³/mol. The van der Waals surface area contributed by atoms with Crippen LogP contribution < -0.4 is 0 Å². The number of benzene rings is 1. The third-order valence-electron chi connectivity index (χ3n) is 5.57. The van der Waals surface area contributed by atoms with Crippen LogP contribution in [0, 0.1) is 0 Å². The SMILES string of the molecule is CCCCCCc1cc2c3cscc3c3cc(CCCCCC)sc3c2s1. The van der Waals surface area contributed by atoms with Gasteiger partial charge in [0.25, 0.3) is 0 Å². The third kappa shape index (κ3) is 4.11. The van der Waals surface area contributed by atoms with Crippen molar-refractivity contribution in [2.45, 2.75) is 78.1 Å². The molecule has 1 aromatic carbocycles. The monoisotopic (exact) mass is 414 g/mol. The van der Waals surface area contributed by atoms with E-state index in [1.165, 1.54) is 85.8 Å². The highest BCUT2D eigenvalue weighted by atomic mass is 32.1. The fourth-order valence-corrected chi connectivity index (χ4v) is 7.47. The average molecular weight is 415 g/mol. The molecule has 3 aromatic heterocycles. The number of aryl methyl sites for hydroxylation is 2. The minimum atomic E-state index is 1.25. The summed E-state index contributed by atoms with van der Waals surface area (Å²) in [5.74, 6) is 0. The molecule has 144 valence electrons. The van der Waals surface area contributed by atoms with Crippen LogP contribution in [0.25, 0.3) is 30.9 Å². The van der Waals surface area contributed by atoms with Gasteiger partial charge >= 0.3 is 0 Å². The van der Waals surface area contributed by atoms with E-state index in [1.807, 2.05) is 11.3 Å². The molecule has 0 bridgehead atoms. The van der Waals surface area contributed by atoms with Crippen LogP contribution in [0.1, 0.15) is 75.0 Å². The van der Waals surface area contributed by atoms with Gasteiger partial charge in [0.05, 0.1) is 9.40 Å². The van der Waals surface area contributed by atoms with Crippen molar-refractivity contribution in [2.75, 3.05) is 0 Å². The zero-order chi connectivity index (χ0) is 18.6. The maximum atomic E-state index is 2.50. The lowest BCUT2D eigenvalue weighted by Crippen LogP contribution is -1.80. The number of hydrogen-bond acceptors (Lipinski definition) is 3. The fourth-order valence-electron chi connectivity index (χ4n) is 4.03. The molecule has 0 atom stereocenters. The third-order valence-corrected chi connectivity index (χ3v) is 8.87. The first-order valence-corrected chi connectivity index (χ1v) is 13.2. The van der Waals surface area contributed by atoms with E-state index >= 15 is 0 Å². The topological polar surface area (TPSA) is 0 Å². The molecule has 0 fully saturated rings. The van der Waals surface area contributed by atoms with Crippen molar-refractivity contribution >= 4 is 65.0 Å². The van der Waals surface area contributed by atoms with Gasteiger partial charge in [0.2, 0.25) is 0 Å². The summed E-state index contributed by atoms with van der Waals surface area (Å²) in [5, 5.41) is 10.7. The van der Waals surface area contributed by atoms with E-state index < -0.39 is 0 Å². The molecule has 0 spiro atoms. The number of unbranched alkanes of at least 4 members (excludes halogenated alkanes) is 6.